The van der Waals surface area contributed by atoms with Crippen LogP contribution in [0.25, 0.3) is 5.82 Å². The van der Waals surface area contributed by atoms with Gasteiger partial charge in [0.05, 0.1) is 5.69 Å². The zero-order chi connectivity index (χ0) is 22.8. The number of benzene rings is 1. The molecule has 2 aliphatic heterocycles. The Kier molecular flexibility index (Phi) is 5.93. The minimum Gasteiger partial charge on any atom is -0.366 e. The van der Waals surface area contributed by atoms with E-state index in [0.29, 0.717) is 43.4 Å². The minimum absolute atomic E-state index is 0.124. The molecule has 0 unspecified atom stereocenters. The number of para-hydroxylation sites is 1. The lowest BCUT2D eigenvalue weighted by Gasteiger charge is -2.35. The molecule has 2 aliphatic rings. The van der Waals surface area contributed by atoms with Gasteiger partial charge in [-0.1, -0.05) is 19.1 Å². The van der Waals surface area contributed by atoms with Gasteiger partial charge in [-0.05, 0) is 30.9 Å². The van der Waals surface area contributed by atoms with E-state index in [9.17, 15) is 9.18 Å². The number of rotatable bonds is 4. The molecule has 3 aromatic rings. The molecule has 0 radical (unpaired) electrons. The standard InChI is InChI=1S/C24H28FN7O/c1-18-6-8-30(9-7-18)22-14-23(27-16-26-22)32-15-20(28-17-32)24(33)31-12-10-29(11-13-31)21-5-3-2-4-19(21)25/h2-5,14-18H,6-13H2,1H3. The molecule has 2 fully saturated rings. The van der Waals surface area contributed by atoms with Crippen molar-refractivity contribution >= 4 is 17.4 Å². The van der Waals surface area contributed by atoms with E-state index >= 15 is 0 Å². The lowest BCUT2D eigenvalue weighted by molar-refractivity contribution is 0.0741. The van der Waals surface area contributed by atoms with Crippen molar-refractivity contribution in [1.82, 2.24) is 24.4 Å². The number of amides is 1. The molecule has 0 aliphatic carbocycles. The van der Waals surface area contributed by atoms with Crippen molar-refractivity contribution in [2.45, 2.75) is 19.8 Å². The first-order chi connectivity index (χ1) is 16.1. The number of aromatic nitrogens is 4. The Hall–Kier alpha value is -3.49. The molecule has 1 amide bonds. The lowest BCUT2D eigenvalue weighted by atomic mass is 9.99. The fourth-order valence-electron chi connectivity index (χ4n) is 4.47. The fraction of sp³-hybridized carbons (Fsp3) is 0.417. The van der Waals surface area contributed by atoms with E-state index < -0.39 is 0 Å². The normalized spacial score (nSPS) is 17.5. The maximum atomic E-state index is 14.1. The monoisotopic (exact) mass is 449 g/mol. The van der Waals surface area contributed by atoms with Crippen LogP contribution in [0.3, 0.4) is 0 Å². The molecule has 9 heteroatoms. The molecular formula is C24H28FN7O. The Balaban J connectivity index is 1.24. The lowest BCUT2D eigenvalue weighted by Crippen LogP contribution is -2.49. The number of piperidine rings is 1. The zero-order valence-corrected chi connectivity index (χ0v) is 18.8. The van der Waals surface area contributed by atoms with Gasteiger partial charge in [0.2, 0.25) is 0 Å². The Bertz CT molecular complexity index is 1120. The molecule has 0 N–H and O–H groups in total. The first-order valence-corrected chi connectivity index (χ1v) is 11.5. The van der Waals surface area contributed by atoms with Crippen LogP contribution < -0.4 is 9.80 Å². The highest BCUT2D eigenvalue weighted by Gasteiger charge is 2.25. The summed E-state index contributed by atoms with van der Waals surface area (Å²) in [5, 5.41) is 0. The highest BCUT2D eigenvalue weighted by molar-refractivity contribution is 5.92. The average molecular weight is 450 g/mol. The summed E-state index contributed by atoms with van der Waals surface area (Å²) in [6, 6.07) is 8.69. The molecule has 5 rings (SSSR count). The van der Waals surface area contributed by atoms with Crippen LogP contribution in [0.15, 0.2) is 49.2 Å². The van der Waals surface area contributed by atoms with Crippen molar-refractivity contribution in [1.29, 1.82) is 0 Å². The van der Waals surface area contributed by atoms with E-state index in [1.54, 1.807) is 40.5 Å². The molecular weight excluding hydrogens is 421 g/mol. The molecule has 0 bridgehead atoms. The third-order valence-electron chi connectivity index (χ3n) is 6.57. The number of hydrogen-bond donors (Lipinski definition) is 0. The van der Waals surface area contributed by atoms with Crippen molar-refractivity contribution in [2.75, 3.05) is 49.1 Å². The first-order valence-electron chi connectivity index (χ1n) is 11.5. The first kappa shape index (κ1) is 21.4. The number of nitrogens with zero attached hydrogens (tertiary/aromatic N) is 7. The number of piperazine rings is 1. The van der Waals surface area contributed by atoms with Gasteiger partial charge in [-0.2, -0.15) is 0 Å². The summed E-state index contributed by atoms with van der Waals surface area (Å²) in [5.41, 5.74) is 0.956. The van der Waals surface area contributed by atoms with Crippen LogP contribution in [0.4, 0.5) is 15.9 Å². The third-order valence-corrected chi connectivity index (χ3v) is 6.57. The summed E-state index contributed by atoms with van der Waals surface area (Å²) in [6.07, 6.45) is 7.22. The number of imidazole rings is 1. The Morgan fingerprint density at radius 3 is 2.42 bits per heavy atom. The molecule has 0 atom stereocenters. The molecule has 2 aromatic heterocycles. The number of carbonyl (C=O) groups excluding carboxylic acids is 1. The van der Waals surface area contributed by atoms with Gasteiger partial charge in [0.1, 0.15) is 35.8 Å². The predicted octanol–water partition coefficient (Wildman–Crippen LogP) is 3.00. The van der Waals surface area contributed by atoms with E-state index in [-0.39, 0.29) is 11.7 Å². The average Bonchev–Trinajstić information content (AvgIpc) is 3.35. The number of hydrogen-bond acceptors (Lipinski definition) is 6. The van der Waals surface area contributed by atoms with Crippen LogP contribution in [0.1, 0.15) is 30.3 Å². The topological polar surface area (TPSA) is 70.4 Å². The smallest absolute Gasteiger partial charge is 0.274 e. The van der Waals surface area contributed by atoms with Crippen LogP contribution in [-0.4, -0.2) is 69.6 Å². The number of carbonyl (C=O) groups is 1. The number of anilines is 2. The Labute approximate surface area is 192 Å². The van der Waals surface area contributed by atoms with Gasteiger partial charge in [0.15, 0.2) is 0 Å². The highest BCUT2D eigenvalue weighted by Crippen LogP contribution is 2.23. The summed E-state index contributed by atoms with van der Waals surface area (Å²) >= 11 is 0. The SMILES string of the molecule is CC1CCN(c2cc(-n3cnc(C(=O)N4CCN(c5ccccc5F)CC4)c3)ncn2)CC1. The van der Waals surface area contributed by atoms with Gasteiger partial charge < -0.3 is 14.7 Å². The van der Waals surface area contributed by atoms with Crippen molar-refractivity contribution in [3.63, 3.8) is 0 Å². The largest absolute Gasteiger partial charge is 0.366 e. The van der Waals surface area contributed by atoms with E-state index in [1.807, 2.05) is 17.0 Å². The van der Waals surface area contributed by atoms with Crippen LogP contribution in [-0.2, 0) is 0 Å². The van der Waals surface area contributed by atoms with Crippen molar-refractivity contribution in [3.05, 3.63) is 60.7 Å². The van der Waals surface area contributed by atoms with E-state index in [2.05, 4.69) is 26.8 Å². The molecule has 0 spiro atoms. The van der Waals surface area contributed by atoms with Gasteiger partial charge in [0.25, 0.3) is 5.91 Å². The minimum atomic E-state index is -0.237. The second-order valence-electron chi connectivity index (χ2n) is 8.80. The third kappa shape index (κ3) is 4.53. The summed E-state index contributed by atoms with van der Waals surface area (Å²) in [4.78, 5) is 32.2. The summed E-state index contributed by atoms with van der Waals surface area (Å²) in [6.45, 7) is 6.46. The van der Waals surface area contributed by atoms with Crippen molar-refractivity contribution in [2.24, 2.45) is 5.92 Å². The summed E-state index contributed by atoms with van der Waals surface area (Å²) in [7, 11) is 0. The van der Waals surface area contributed by atoms with Gasteiger partial charge in [-0.3, -0.25) is 9.36 Å². The number of halogens is 1. The zero-order valence-electron chi connectivity index (χ0n) is 18.8. The van der Waals surface area contributed by atoms with E-state index in [1.165, 1.54) is 6.07 Å². The van der Waals surface area contributed by atoms with Gasteiger partial charge in [0, 0.05) is 51.5 Å². The van der Waals surface area contributed by atoms with Crippen LogP contribution in [0, 0.1) is 11.7 Å². The van der Waals surface area contributed by atoms with E-state index in [0.717, 1.165) is 37.7 Å². The van der Waals surface area contributed by atoms with Crippen molar-refractivity contribution in [3.8, 4) is 5.82 Å². The van der Waals surface area contributed by atoms with Gasteiger partial charge >= 0.3 is 0 Å². The van der Waals surface area contributed by atoms with Crippen LogP contribution >= 0.6 is 0 Å². The summed E-state index contributed by atoms with van der Waals surface area (Å²) in [5.74, 6) is 1.98. The quantitative estimate of drug-likeness (QED) is 0.610. The van der Waals surface area contributed by atoms with Gasteiger partial charge in [-0.15, -0.1) is 0 Å². The molecule has 2 saturated heterocycles. The maximum absolute atomic E-state index is 14.1. The maximum Gasteiger partial charge on any atom is 0.274 e. The molecule has 172 valence electrons. The van der Waals surface area contributed by atoms with Crippen LogP contribution in [0.5, 0.6) is 0 Å². The van der Waals surface area contributed by atoms with E-state index in [4.69, 9.17) is 0 Å². The molecule has 4 heterocycles. The summed E-state index contributed by atoms with van der Waals surface area (Å²) < 4.78 is 15.8. The van der Waals surface area contributed by atoms with Gasteiger partial charge in [-0.25, -0.2) is 19.3 Å². The fourth-order valence-corrected chi connectivity index (χ4v) is 4.47. The Morgan fingerprint density at radius 1 is 0.939 bits per heavy atom. The molecule has 8 nitrogen and oxygen atoms in total. The predicted molar refractivity (Wildman–Crippen MR) is 124 cm³/mol. The molecule has 1 aromatic carbocycles. The highest BCUT2D eigenvalue weighted by atomic mass is 19.1. The second-order valence-corrected chi connectivity index (χ2v) is 8.80. The second kappa shape index (κ2) is 9.17. The molecule has 0 saturated carbocycles. The Morgan fingerprint density at radius 2 is 1.67 bits per heavy atom. The van der Waals surface area contributed by atoms with Crippen LogP contribution in [0.2, 0.25) is 0 Å². The van der Waals surface area contributed by atoms with Crippen molar-refractivity contribution < 1.29 is 9.18 Å². The molecule has 33 heavy (non-hydrogen) atoms.